The fraction of sp³-hybridized carbons (Fsp3) is 0.733. The summed E-state index contributed by atoms with van der Waals surface area (Å²) in [6, 6.07) is 0. The smallest absolute Gasteiger partial charge is 0.0797 e. The Kier molecular flexibility index (Phi) is 4.65. The molecule has 0 unspecified atom stereocenters. The van der Waals surface area contributed by atoms with E-state index in [2.05, 4.69) is 42.9 Å². The molecule has 0 aromatic heterocycles. The van der Waals surface area contributed by atoms with Crippen LogP contribution in [0, 0.1) is 11.3 Å². The van der Waals surface area contributed by atoms with Crippen molar-refractivity contribution in [1.82, 2.24) is 0 Å². The van der Waals surface area contributed by atoms with Crippen LogP contribution in [0.1, 0.15) is 46.5 Å². The second kappa shape index (κ2) is 5.27. The van der Waals surface area contributed by atoms with E-state index < -0.39 is 5.60 Å². The van der Waals surface area contributed by atoms with Gasteiger partial charge in [0.2, 0.25) is 0 Å². The average Bonchev–Trinajstić information content (AvgIpc) is 2.23. The van der Waals surface area contributed by atoms with Gasteiger partial charge in [0.05, 0.1) is 5.60 Å². The Morgan fingerprint density at radius 1 is 1.59 bits per heavy atom. The Morgan fingerprint density at radius 3 is 2.71 bits per heavy atom. The third-order valence-electron chi connectivity index (χ3n) is 4.30. The van der Waals surface area contributed by atoms with Gasteiger partial charge in [-0.15, -0.1) is 6.58 Å². The van der Waals surface area contributed by atoms with Crippen molar-refractivity contribution in [3.05, 3.63) is 24.8 Å². The van der Waals surface area contributed by atoms with E-state index >= 15 is 0 Å². The first-order valence-electron chi connectivity index (χ1n) is 6.38. The Labute approximate surface area is 114 Å². The summed E-state index contributed by atoms with van der Waals surface area (Å²) in [5.41, 5.74) is 0.799. The van der Waals surface area contributed by atoms with Gasteiger partial charge in [-0.2, -0.15) is 0 Å². The highest BCUT2D eigenvalue weighted by Gasteiger charge is 2.41. The first-order valence-corrected chi connectivity index (χ1v) is 7.30. The van der Waals surface area contributed by atoms with Gasteiger partial charge in [0.15, 0.2) is 0 Å². The highest BCUT2D eigenvalue weighted by atomic mass is 79.9. The monoisotopic (exact) mass is 300 g/mol. The molecule has 2 heteroatoms. The molecule has 3 atom stereocenters. The van der Waals surface area contributed by atoms with Gasteiger partial charge in [0.1, 0.15) is 0 Å². The van der Waals surface area contributed by atoms with Crippen molar-refractivity contribution >= 4 is 15.9 Å². The van der Waals surface area contributed by atoms with Crippen molar-refractivity contribution in [2.45, 2.75) is 56.9 Å². The molecule has 0 saturated heterocycles. The standard InChI is InChI=1S/C15H25BrO/c1-6-15(5,17)10-9-12-11(2)7-8-13(16)14(12,3)4/h6,12-13,17H,1-2,7-10H2,3-5H3/t12-,13+,15-/m1/s1. The Balaban J connectivity index is 2.73. The van der Waals surface area contributed by atoms with Crippen LogP contribution in [0.3, 0.4) is 0 Å². The Bertz CT molecular complexity index is 304. The van der Waals surface area contributed by atoms with Gasteiger partial charge in [-0.05, 0) is 43.9 Å². The molecule has 17 heavy (non-hydrogen) atoms. The molecule has 98 valence electrons. The quantitative estimate of drug-likeness (QED) is 0.600. The minimum absolute atomic E-state index is 0.215. The van der Waals surface area contributed by atoms with Crippen molar-refractivity contribution in [3.63, 3.8) is 0 Å². The summed E-state index contributed by atoms with van der Waals surface area (Å²) in [5, 5.41) is 10.0. The summed E-state index contributed by atoms with van der Waals surface area (Å²) in [5.74, 6) is 0.479. The third kappa shape index (κ3) is 3.45. The van der Waals surface area contributed by atoms with Gasteiger partial charge < -0.3 is 5.11 Å². The van der Waals surface area contributed by atoms with Crippen LogP contribution in [0.15, 0.2) is 24.8 Å². The van der Waals surface area contributed by atoms with Gasteiger partial charge in [-0.1, -0.05) is 48.0 Å². The van der Waals surface area contributed by atoms with Crippen molar-refractivity contribution in [2.24, 2.45) is 11.3 Å². The van der Waals surface area contributed by atoms with Crippen molar-refractivity contribution in [2.75, 3.05) is 0 Å². The number of halogens is 1. The summed E-state index contributed by atoms with van der Waals surface area (Å²) >= 11 is 3.79. The van der Waals surface area contributed by atoms with Crippen LogP contribution in [0.5, 0.6) is 0 Å². The molecule has 1 aliphatic carbocycles. The summed E-state index contributed by atoms with van der Waals surface area (Å²) in [7, 11) is 0. The first-order chi connectivity index (χ1) is 7.70. The lowest BCUT2D eigenvalue weighted by Gasteiger charge is -2.45. The Hall–Kier alpha value is -0.0800. The molecular weight excluding hydrogens is 276 g/mol. The second-order valence-electron chi connectivity index (χ2n) is 6.14. The van der Waals surface area contributed by atoms with Crippen molar-refractivity contribution in [1.29, 1.82) is 0 Å². The number of allylic oxidation sites excluding steroid dienone is 1. The van der Waals surface area contributed by atoms with Gasteiger partial charge in [0.25, 0.3) is 0 Å². The van der Waals surface area contributed by atoms with Crippen LogP contribution < -0.4 is 0 Å². The maximum Gasteiger partial charge on any atom is 0.0797 e. The van der Waals surface area contributed by atoms with E-state index in [9.17, 15) is 5.11 Å². The average molecular weight is 301 g/mol. The summed E-state index contributed by atoms with van der Waals surface area (Å²) < 4.78 is 0. The maximum absolute atomic E-state index is 10.0. The molecule has 0 radical (unpaired) electrons. The number of hydrogen-bond acceptors (Lipinski definition) is 1. The van der Waals surface area contributed by atoms with Gasteiger partial charge in [0, 0.05) is 4.83 Å². The van der Waals surface area contributed by atoms with E-state index in [1.807, 2.05) is 6.92 Å². The lowest BCUT2D eigenvalue weighted by Crippen LogP contribution is -2.39. The molecular formula is C15H25BrO. The maximum atomic E-state index is 10.0. The molecule has 1 aliphatic rings. The molecule has 0 heterocycles. The lowest BCUT2D eigenvalue weighted by atomic mass is 9.64. The Morgan fingerprint density at radius 2 is 2.18 bits per heavy atom. The summed E-state index contributed by atoms with van der Waals surface area (Å²) in [6.07, 6.45) is 5.63. The minimum Gasteiger partial charge on any atom is -0.386 e. The molecule has 1 N–H and O–H groups in total. The number of aliphatic hydroxyl groups is 1. The van der Waals surface area contributed by atoms with Crippen LogP contribution in [0.2, 0.25) is 0 Å². The zero-order chi connectivity index (χ0) is 13.3. The highest BCUT2D eigenvalue weighted by molar-refractivity contribution is 9.09. The molecule has 0 aliphatic heterocycles. The summed E-state index contributed by atoms with van der Waals surface area (Å²) in [4.78, 5) is 0.541. The minimum atomic E-state index is -0.754. The molecule has 1 rings (SSSR count). The fourth-order valence-electron chi connectivity index (χ4n) is 2.72. The molecule has 0 aromatic rings. The predicted octanol–water partition coefficient (Wildman–Crippen LogP) is 4.46. The van der Waals surface area contributed by atoms with Crippen LogP contribution in [-0.2, 0) is 0 Å². The molecule has 1 fully saturated rings. The van der Waals surface area contributed by atoms with Gasteiger partial charge in [-0.3, -0.25) is 0 Å². The van der Waals surface area contributed by atoms with Gasteiger partial charge in [-0.25, -0.2) is 0 Å². The SMILES string of the molecule is C=C[C@@](C)(O)CC[C@@H]1C(=C)CC[C@H](Br)C1(C)C. The van der Waals surface area contributed by atoms with E-state index in [1.54, 1.807) is 6.08 Å². The van der Waals surface area contributed by atoms with Crippen molar-refractivity contribution < 1.29 is 5.11 Å². The van der Waals surface area contributed by atoms with Gasteiger partial charge >= 0.3 is 0 Å². The number of hydrogen-bond donors (Lipinski definition) is 1. The molecule has 1 saturated carbocycles. The summed E-state index contributed by atoms with van der Waals surface area (Å²) in [6.45, 7) is 14.3. The van der Waals surface area contributed by atoms with E-state index in [1.165, 1.54) is 12.0 Å². The van der Waals surface area contributed by atoms with E-state index in [-0.39, 0.29) is 5.41 Å². The van der Waals surface area contributed by atoms with E-state index in [0.717, 1.165) is 19.3 Å². The first kappa shape index (κ1) is 15.0. The topological polar surface area (TPSA) is 20.2 Å². The normalized spacial score (nSPS) is 31.9. The molecule has 0 bridgehead atoms. The molecule has 1 nitrogen and oxygen atoms in total. The van der Waals surface area contributed by atoms with Crippen LogP contribution >= 0.6 is 15.9 Å². The van der Waals surface area contributed by atoms with Crippen LogP contribution in [-0.4, -0.2) is 15.5 Å². The highest BCUT2D eigenvalue weighted by Crippen LogP contribution is 2.49. The number of rotatable bonds is 4. The number of alkyl halides is 1. The van der Waals surface area contributed by atoms with E-state index in [0.29, 0.717) is 10.7 Å². The lowest BCUT2D eigenvalue weighted by molar-refractivity contribution is 0.0813. The zero-order valence-corrected chi connectivity index (χ0v) is 12.9. The van der Waals surface area contributed by atoms with Crippen molar-refractivity contribution in [3.8, 4) is 0 Å². The fourth-order valence-corrected chi connectivity index (χ4v) is 3.27. The van der Waals surface area contributed by atoms with Crippen LogP contribution in [0.4, 0.5) is 0 Å². The molecule has 0 aromatic carbocycles. The molecule has 0 amide bonds. The van der Waals surface area contributed by atoms with Crippen LogP contribution in [0.25, 0.3) is 0 Å². The van der Waals surface area contributed by atoms with E-state index in [4.69, 9.17) is 0 Å². The zero-order valence-electron chi connectivity index (χ0n) is 11.3. The predicted molar refractivity (Wildman–Crippen MR) is 78.4 cm³/mol. The second-order valence-corrected chi connectivity index (χ2v) is 7.24. The molecule has 0 spiro atoms. The third-order valence-corrected chi connectivity index (χ3v) is 5.93. The largest absolute Gasteiger partial charge is 0.386 e.